The molecule has 4 rings (SSSR count). The molecule has 0 bridgehead atoms. The van der Waals surface area contributed by atoms with E-state index in [0.29, 0.717) is 22.7 Å². The Balaban J connectivity index is 0.00000117. The van der Waals surface area contributed by atoms with Crippen molar-refractivity contribution < 1.29 is 46.2 Å². The second-order valence-electron chi connectivity index (χ2n) is 6.35. The molecule has 0 saturated heterocycles. The smallest absolute Gasteiger partial charge is 0.268 e. The van der Waals surface area contributed by atoms with Gasteiger partial charge in [0.25, 0.3) is 10.0 Å². The molecule has 1 aromatic heterocycles. The van der Waals surface area contributed by atoms with Gasteiger partial charge in [0.05, 0.1) is 10.6 Å². The zero-order chi connectivity index (χ0) is 21.2. The summed E-state index contributed by atoms with van der Waals surface area (Å²) < 4.78 is 28.0. The topological polar surface area (TPSA) is 57.6 Å². The number of nitrogens with zero attached hydrogens (tertiary/aromatic N) is 1. The van der Waals surface area contributed by atoms with Crippen molar-refractivity contribution in [2.75, 3.05) is 10.8 Å². The molecular formula is C24H28NO3S2Y-. The second kappa shape index (κ2) is 11.4. The zero-order valence-corrected chi connectivity index (χ0v) is 23.1. The quantitative estimate of drug-likeness (QED) is 0.381. The number of sulfonamides is 1. The van der Waals surface area contributed by atoms with Gasteiger partial charge < -0.3 is 12.5 Å². The first-order valence-electron chi connectivity index (χ1n) is 9.66. The molecule has 0 aliphatic carbocycles. The molecule has 0 amide bonds. The number of rotatable bonds is 3. The molecular weight excluding hydrogens is 503 g/mol. The number of benzene rings is 2. The number of aliphatic hydroxyl groups excluding tert-OH is 1. The van der Waals surface area contributed by atoms with E-state index in [4.69, 9.17) is 0 Å². The van der Waals surface area contributed by atoms with E-state index in [2.05, 4.69) is 0 Å². The van der Waals surface area contributed by atoms with Gasteiger partial charge in [-0.15, -0.1) is 11.3 Å². The molecule has 1 aliphatic rings. The maximum absolute atomic E-state index is 13.3. The zero-order valence-electron chi connectivity index (χ0n) is 18.6. The SMILES string of the molecule is CC.CCN1c2cc(-c3ccccc3)sc2C(O)=C(c2ccccc2C)S1(=O)=O.[CH3-].[Y]. The van der Waals surface area contributed by atoms with Crippen molar-refractivity contribution in [3.05, 3.63) is 84.1 Å². The number of aliphatic hydroxyl groups is 1. The first kappa shape index (κ1) is 27.6. The number of anilines is 1. The van der Waals surface area contributed by atoms with Crippen LogP contribution in [0.25, 0.3) is 21.1 Å². The first-order chi connectivity index (χ1) is 13.9. The van der Waals surface area contributed by atoms with Crippen LogP contribution >= 0.6 is 11.3 Å². The maximum atomic E-state index is 13.3. The average Bonchev–Trinajstić information content (AvgIpc) is 3.17. The number of aryl methyl sites for hydroxylation is 1. The van der Waals surface area contributed by atoms with Crippen LogP contribution in [-0.2, 0) is 42.7 Å². The fourth-order valence-electron chi connectivity index (χ4n) is 3.38. The summed E-state index contributed by atoms with van der Waals surface area (Å²) in [6, 6.07) is 18.9. The van der Waals surface area contributed by atoms with Crippen molar-refractivity contribution >= 4 is 37.7 Å². The van der Waals surface area contributed by atoms with Gasteiger partial charge in [-0.1, -0.05) is 68.4 Å². The van der Waals surface area contributed by atoms with Gasteiger partial charge in [-0.3, -0.25) is 4.31 Å². The Morgan fingerprint density at radius 1 is 1.00 bits per heavy atom. The molecule has 1 aliphatic heterocycles. The van der Waals surface area contributed by atoms with Crippen LogP contribution in [0.5, 0.6) is 0 Å². The van der Waals surface area contributed by atoms with E-state index >= 15 is 0 Å². The van der Waals surface area contributed by atoms with E-state index in [1.807, 2.05) is 69.3 Å². The van der Waals surface area contributed by atoms with Crippen molar-refractivity contribution in [2.24, 2.45) is 0 Å². The monoisotopic (exact) mass is 531 g/mol. The fraction of sp³-hybridized carbons (Fsp3) is 0.208. The van der Waals surface area contributed by atoms with Gasteiger partial charge >= 0.3 is 0 Å². The molecule has 7 heteroatoms. The van der Waals surface area contributed by atoms with E-state index in [0.717, 1.165) is 16.0 Å². The van der Waals surface area contributed by atoms with E-state index in [1.165, 1.54) is 15.6 Å². The Kier molecular flexibility index (Phi) is 10.2. The van der Waals surface area contributed by atoms with Crippen LogP contribution in [0.2, 0.25) is 0 Å². The molecule has 0 saturated carbocycles. The third kappa shape index (κ3) is 4.98. The molecule has 1 radical (unpaired) electrons. The molecule has 2 aromatic carbocycles. The summed E-state index contributed by atoms with van der Waals surface area (Å²) in [7, 11) is -3.85. The van der Waals surface area contributed by atoms with Crippen LogP contribution in [0.4, 0.5) is 5.69 Å². The van der Waals surface area contributed by atoms with Crippen molar-refractivity contribution in [3.63, 3.8) is 0 Å². The van der Waals surface area contributed by atoms with Gasteiger partial charge in [0.1, 0.15) is 4.91 Å². The van der Waals surface area contributed by atoms with Gasteiger partial charge in [-0.25, -0.2) is 8.42 Å². The first-order valence-corrected chi connectivity index (χ1v) is 11.9. The number of fused-ring (bicyclic) bond motifs is 1. The van der Waals surface area contributed by atoms with E-state index < -0.39 is 10.0 Å². The molecule has 0 fully saturated rings. The molecule has 0 atom stereocenters. The van der Waals surface area contributed by atoms with E-state index in [1.54, 1.807) is 19.1 Å². The van der Waals surface area contributed by atoms with Crippen molar-refractivity contribution in [1.82, 2.24) is 0 Å². The molecule has 3 aromatic rings. The summed E-state index contributed by atoms with van der Waals surface area (Å²) in [5.41, 5.74) is 2.88. The minimum Gasteiger partial charge on any atom is -0.505 e. The third-order valence-electron chi connectivity index (χ3n) is 4.69. The number of thiophene rings is 1. The largest absolute Gasteiger partial charge is 0.505 e. The van der Waals surface area contributed by atoms with Crippen LogP contribution in [0, 0.1) is 14.4 Å². The minimum absolute atomic E-state index is 0. The van der Waals surface area contributed by atoms with Crippen LogP contribution in [0.3, 0.4) is 0 Å². The number of hydrogen-bond donors (Lipinski definition) is 1. The predicted molar refractivity (Wildman–Crippen MR) is 130 cm³/mol. The Morgan fingerprint density at radius 2 is 1.58 bits per heavy atom. The number of hydrogen-bond acceptors (Lipinski definition) is 4. The molecule has 2 heterocycles. The Morgan fingerprint density at radius 3 is 2.16 bits per heavy atom. The minimum atomic E-state index is -3.85. The van der Waals surface area contributed by atoms with Gasteiger partial charge in [-0.05, 0) is 31.0 Å². The molecule has 1 N–H and O–H groups in total. The summed E-state index contributed by atoms with van der Waals surface area (Å²) in [5, 5.41) is 11.0. The van der Waals surface area contributed by atoms with Gasteiger partial charge in [0, 0.05) is 49.7 Å². The van der Waals surface area contributed by atoms with Crippen LogP contribution in [-0.4, -0.2) is 20.1 Å². The van der Waals surface area contributed by atoms with Gasteiger partial charge in [-0.2, -0.15) is 0 Å². The summed E-state index contributed by atoms with van der Waals surface area (Å²) in [4.78, 5) is 1.49. The average molecular weight is 532 g/mol. The van der Waals surface area contributed by atoms with Crippen LogP contribution < -0.4 is 4.31 Å². The summed E-state index contributed by atoms with van der Waals surface area (Å²) >= 11 is 1.41. The van der Waals surface area contributed by atoms with Gasteiger partial charge in [0.2, 0.25) is 0 Å². The second-order valence-corrected chi connectivity index (χ2v) is 9.20. The fourth-order valence-corrected chi connectivity index (χ4v) is 6.44. The molecule has 4 nitrogen and oxygen atoms in total. The molecule has 0 spiro atoms. The Hall–Kier alpha value is -1.47. The summed E-state index contributed by atoms with van der Waals surface area (Å²) in [5.74, 6) is -0.170. The van der Waals surface area contributed by atoms with Crippen molar-refractivity contribution in [1.29, 1.82) is 0 Å². The maximum Gasteiger partial charge on any atom is 0.268 e. The van der Waals surface area contributed by atoms with Gasteiger partial charge in [0.15, 0.2) is 5.76 Å². The molecule has 0 unspecified atom stereocenters. The summed E-state index contributed by atoms with van der Waals surface area (Å²) in [6.07, 6.45) is 0. The van der Waals surface area contributed by atoms with E-state index in [9.17, 15) is 13.5 Å². The van der Waals surface area contributed by atoms with Crippen LogP contribution in [0.15, 0.2) is 60.7 Å². The molecule has 31 heavy (non-hydrogen) atoms. The third-order valence-corrected chi connectivity index (χ3v) is 7.84. The normalized spacial score (nSPS) is 13.9. The van der Waals surface area contributed by atoms with E-state index in [-0.39, 0.29) is 50.8 Å². The van der Waals surface area contributed by atoms with Crippen molar-refractivity contribution in [2.45, 2.75) is 27.7 Å². The van der Waals surface area contributed by atoms with Crippen molar-refractivity contribution in [3.8, 4) is 10.4 Å². The summed E-state index contributed by atoms with van der Waals surface area (Å²) in [6.45, 7) is 7.95. The Bertz CT molecular complexity index is 1150. The predicted octanol–water partition coefficient (Wildman–Crippen LogP) is 6.75. The standard InChI is InChI=1S/C21H19NO3S2.C2H6.CH3.Y/c1-3-22-17-13-18(15-10-5-4-6-11-15)26-20(17)19(23)21(27(22,24)25)16-12-8-7-9-14(16)2;1-2;;/h4-13,23H,3H2,1-2H3;1-2H3;1H3;/q;;-1;. The molecule has 163 valence electrons. The van der Waals surface area contributed by atoms with Crippen LogP contribution in [0.1, 0.15) is 36.8 Å². The Labute approximate surface area is 215 Å².